The molecule has 0 aliphatic heterocycles. The number of methoxy groups -OCH3 is 1. The highest BCUT2D eigenvalue weighted by atomic mass is 16.6. The smallest absolute Gasteiger partial charge is 0.418 e. The number of ether oxygens (including phenoxy) is 3. The number of carboxylic acids is 1. The van der Waals surface area contributed by atoms with Gasteiger partial charge in [0.1, 0.15) is 22.9 Å². The summed E-state index contributed by atoms with van der Waals surface area (Å²) in [5, 5.41) is 9.16. The Labute approximate surface area is 245 Å². The van der Waals surface area contributed by atoms with Crippen molar-refractivity contribution in [2.45, 2.75) is 64.9 Å². The molecule has 1 aliphatic rings. The van der Waals surface area contributed by atoms with E-state index in [0.29, 0.717) is 41.7 Å². The maximum absolute atomic E-state index is 12.9. The fraction of sp³-hybridized carbons (Fsp3) is 0.364. The fourth-order valence-electron chi connectivity index (χ4n) is 5.36. The number of benzene rings is 2. The minimum Gasteiger partial charge on any atom is -0.496 e. The molecule has 0 spiro atoms. The summed E-state index contributed by atoms with van der Waals surface area (Å²) in [5.74, 6) is 1.83. The molecule has 220 valence electrons. The normalized spacial score (nSPS) is 14.5. The van der Waals surface area contributed by atoms with Gasteiger partial charge in [0.25, 0.3) is 0 Å². The molecule has 5 rings (SSSR count). The number of hydrogen-bond acceptors (Lipinski definition) is 7. The maximum Gasteiger partial charge on any atom is 0.418 e. The zero-order chi connectivity index (χ0) is 30.0. The van der Waals surface area contributed by atoms with Gasteiger partial charge >= 0.3 is 12.1 Å². The lowest BCUT2D eigenvalue weighted by molar-refractivity contribution is -0.137. The molecular formula is C33H36N2O7. The van der Waals surface area contributed by atoms with Crippen LogP contribution in [-0.4, -0.2) is 46.0 Å². The number of rotatable bonds is 9. The Morgan fingerprint density at radius 1 is 1.14 bits per heavy atom. The molecule has 9 heteroatoms. The van der Waals surface area contributed by atoms with E-state index in [1.54, 1.807) is 19.4 Å². The Balaban J connectivity index is 1.30. The van der Waals surface area contributed by atoms with E-state index in [4.69, 9.17) is 28.7 Å². The number of aryl methyl sites for hydroxylation is 2. The average molecular weight is 573 g/mol. The molecule has 0 bridgehead atoms. The van der Waals surface area contributed by atoms with Crippen LogP contribution in [0.5, 0.6) is 11.5 Å². The molecule has 2 aromatic carbocycles. The number of aromatic nitrogens is 2. The number of hydrogen-bond donors (Lipinski definition) is 1. The summed E-state index contributed by atoms with van der Waals surface area (Å²) in [4.78, 5) is 28.8. The first-order valence-electron chi connectivity index (χ1n) is 14.1. The number of fused-ring (bicyclic) bond motifs is 1. The maximum atomic E-state index is 12.9. The molecule has 42 heavy (non-hydrogen) atoms. The van der Waals surface area contributed by atoms with Crippen molar-refractivity contribution in [3.8, 4) is 34.2 Å². The van der Waals surface area contributed by atoms with Crippen LogP contribution in [0.15, 0.2) is 59.1 Å². The van der Waals surface area contributed by atoms with Crippen LogP contribution in [0.3, 0.4) is 0 Å². The van der Waals surface area contributed by atoms with Crippen molar-refractivity contribution in [1.82, 2.24) is 9.55 Å². The number of oxazole rings is 1. The first-order chi connectivity index (χ1) is 20.0. The molecule has 0 saturated carbocycles. The van der Waals surface area contributed by atoms with Crippen LogP contribution < -0.4 is 9.47 Å². The van der Waals surface area contributed by atoms with Crippen LogP contribution >= 0.6 is 0 Å². The molecule has 9 nitrogen and oxygen atoms in total. The molecule has 2 aromatic heterocycles. The highest BCUT2D eigenvalue weighted by molar-refractivity contribution is 5.82. The summed E-state index contributed by atoms with van der Waals surface area (Å²) >= 11 is 0. The Morgan fingerprint density at radius 3 is 2.69 bits per heavy atom. The SMILES string of the molecule is COc1ccc(-c2nc(CCOc3ccc4c(c3)CC[C@H]4CC(=O)O)c(C)o2)cc1-c1cccn1C(=O)OC(C)(C)C. The second-order valence-electron chi connectivity index (χ2n) is 11.5. The Hall–Kier alpha value is -4.53. The molecular weight excluding hydrogens is 536 g/mol. The van der Waals surface area contributed by atoms with E-state index < -0.39 is 17.7 Å². The van der Waals surface area contributed by atoms with Crippen molar-refractivity contribution in [1.29, 1.82) is 0 Å². The summed E-state index contributed by atoms with van der Waals surface area (Å²) in [5.41, 5.74) is 4.50. The van der Waals surface area contributed by atoms with E-state index in [9.17, 15) is 9.59 Å². The zero-order valence-electron chi connectivity index (χ0n) is 24.6. The van der Waals surface area contributed by atoms with E-state index in [2.05, 4.69) is 0 Å². The summed E-state index contributed by atoms with van der Waals surface area (Å²) in [6.45, 7) is 7.78. The van der Waals surface area contributed by atoms with Crippen molar-refractivity contribution < 1.29 is 33.3 Å². The highest BCUT2D eigenvalue weighted by Gasteiger charge is 2.25. The molecule has 1 N–H and O–H groups in total. The van der Waals surface area contributed by atoms with Crippen LogP contribution in [0, 0.1) is 6.92 Å². The van der Waals surface area contributed by atoms with E-state index >= 15 is 0 Å². The predicted octanol–water partition coefficient (Wildman–Crippen LogP) is 7.04. The van der Waals surface area contributed by atoms with Crippen molar-refractivity contribution in [3.63, 3.8) is 0 Å². The number of nitrogens with zero attached hydrogens (tertiary/aromatic N) is 2. The van der Waals surface area contributed by atoms with Crippen LogP contribution in [0.25, 0.3) is 22.7 Å². The Bertz CT molecular complexity index is 1610. The number of carbonyl (C=O) groups excluding carboxylic acids is 1. The number of carboxylic acid groups (broad SMARTS) is 1. The average Bonchev–Trinajstić information content (AvgIpc) is 3.66. The summed E-state index contributed by atoms with van der Waals surface area (Å²) in [6.07, 6.45) is 3.62. The van der Waals surface area contributed by atoms with E-state index in [1.807, 2.05) is 70.2 Å². The minimum absolute atomic E-state index is 0.0721. The number of aliphatic carboxylic acids is 1. The fourth-order valence-corrected chi connectivity index (χ4v) is 5.36. The highest BCUT2D eigenvalue weighted by Crippen LogP contribution is 2.38. The molecule has 0 radical (unpaired) electrons. The Morgan fingerprint density at radius 2 is 1.95 bits per heavy atom. The van der Waals surface area contributed by atoms with Crippen molar-refractivity contribution in [2.75, 3.05) is 13.7 Å². The van der Waals surface area contributed by atoms with Gasteiger partial charge in [-0.25, -0.2) is 9.78 Å². The second kappa shape index (κ2) is 11.8. The minimum atomic E-state index is -0.767. The predicted molar refractivity (Wildman–Crippen MR) is 157 cm³/mol. The van der Waals surface area contributed by atoms with Gasteiger partial charge in [-0.3, -0.25) is 9.36 Å². The number of carbonyl (C=O) groups is 2. The van der Waals surface area contributed by atoms with Crippen LogP contribution in [0.2, 0.25) is 0 Å². The third-order valence-electron chi connectivity index (χ3n) is 7.30. The van der Waals surface area contributed by atoms with Gasteiger partial charge in [0.2, 0.25) is 5.89 Å². The molecule has 4 aromatic rings. The second-order valence-corrected chi connectivity index (χ2v) is 11.5. The topological polar surface area (TPSA) is 113 Å². The molecule has 1 atom stereocenters. The molecule has 0 saturated heterocycles. The van der Waals surface area contributed by atoms with Crippen LogP contribution in [0.4, 0.5) is 4.79 Å². The largest absolute Gasteiger partial charge is 0.496 e. The van der Waals surface area contributed by atoms with Crippen molar-refractivity contribution in [2.24, 2.45) is 0 Å². The van der Waals surface area contributed by atoms with Crippen molar-refractivity contribution in [3.05, 3.63) is 77.3 Å². The third kappa shape index (κ3) is 6.35. The van der Waals surface area contributed by atoms with E-state index in [-0.39, 0.29) is 12.3 Å². The molecule has 1 aliphatic carbocycles. The van der Waals surface area contributed by atoms with Gasteiger partial charge in [0.15, 0.2) is 0 Å². The molecule has 0 fully saturated rings. The summed E-state index contributed by atoms with van der Waals surface area (Å²) in [6, 6.07) is 15.1. The van der Waals surface area contributed by atoms with Crippen LogP contribution in [0.1, 0.15) is 62.1 Å². The van der Waals surface area contributed by atoms with Gasteiger partial charge in [-0.15, -0.1) is 0 Å². The lowest BCUT2D eigenvalue weighted by Crippen LogP contribution is -2.27. The lowest BCUT2D eigenvalue weighted by Gasteiger charge is -2.21. The van der Waals surface area contributed by atoms with E-state index in [1.165, 1.54) is 4.57 Å². The standard InChI is InChI=1S/C33H36N2O7/c1-20-27(14-16-40-24-11-12-25-21(17-24)8-9-22(25)19-30(36)37)34-31(41-20)23-10-13-29(39-5)26(18-23)28-7-6-15-35(28)32(38)42-33(2,3)4/h6-7,10-13,15,17-18,22H,8-9,14,16,19H2,1-5H3,(H,36,37)/t22-/m0/s1. The van der Waals surface area contributed by atoms with E-state index in [0.717, 1.165) is 41.0 Å². The molecule has 0 amide bonds. The first kappa shape index (κ1) is 29.0. The quantitative estimate of drug-likeness (QED) is 0.227. The van der Waals surface area contributed by atoms with Gasteiger partial charge in [0.05, 0.1) is 31.5 Å². The van der Waals surface area contributed by atoms with Gasteiger partial charge in [-0.05, 0) is 100 Å². The summed E-state index contributed by atoms with van der Waals surface area (Å²) < 4.78 is 24.7. The van der Waals surface area contributed by atoms with Gasteiger partial charge in [-0.2, -0.15) is 0 Å². The molecule has 2 heterocycles. The van der Waals surface area contributed by atoms with Gasteiger partial charge in [0, 0.05) is 23.7 Å². The zero-order valence-corrected chi connectivity index (χ0v) is 24.6. The first-order valence-corrected chi connectivity index (χ1v) is 14.1. The summed E-state index contributed by atoms with van der Waals surface area (Å²) in [7, 11) is 1.59. The van der Waals surface area contributed by atoms with Crippen LogP contribution in [-0.2, 0) is 22.4 Å². The lowest BCUT2D eigenvalue weighted by atomic mass is 9.98. The van der Waals surface area contributed by atoms with Gasteiger partial charge in [-0.1, -0.05) is 6.07 Å². The Kier molecular flexibility index (Phi) is 8.11. The van der Waals surface area contributed by atoms with Gasteiger partial charge < -0.3 is 23.7 Å². The monoisotopic (exact) mass is 572 g/mol. The third-order valence-corrected chi connectivity index (χ3v) is 7.30. The van der Waals surface area contributed by atoms with Crippen molar-refractivity contribution >= 4 is 12.1 Å². The molecule has 0 unspecified atom stereocenters.